The predicted molar refractivity (Wildman–Crippen MR) is 71.9 cm³/mol. The van der Waals surface area contributed by atoms with Crippen molar-refractivity contribution in [3.8, 4) is 5.75 Å². The molecule has 18 heavy (non-hydrogen) atoms. The summed E-state index contributed by atoms with van der Waals surface area (Å²) < 4.78 is 0. The number of unbranched alkanes of at least 4 members (excludes halogenated alkanes) is 4. The molecule has 0 saturated carbocycles. The number of aryl methyl sites for hydroxylation is 1. The molecule has 0 fully saturated rings. The zero-order valence-corrected chi connectivity index (χ0v) is 11.0. The third-order valence-corrected chi connectivity index (χ3v) is 3.25. The van der Waals surface area contributed by atoms with E-state index in [0.717, 1.165) is 44.1 Å². The van der Waals surface area contributed by atoms with E-state index in [1.54, 1.807) is 6.07 Å². The molecule has 1 aromatic rings. The number of phenols is 1. The molecule has 0 aliphatic rings. The smallest absolute Gasteiger partial charge is 0.303 e. The van der Waals surface area contributed by atoms with Crippen LogP contribution in [0.15, 0.2) is 18.2 Å². The summed E-state index contributed by atoms with van der Waals surface area (Å²) in [6.07, 6.45) is 6.34. The second kappa shape index (κ2) is 7.75. The Bertz CT molecular complexity index is 385. The van der Waals surface area contributed by atoms with Crippen LogP contribution in [0.2, 0.25) is 0 Å². The van der Waals surface area contributed by atoms with Crippen molar-refractivity contribution in [1.29, 1.82) is 0 Å². The van der Waals surface area contributed by atoms with E-state index in [1.165, 1.54) is 5.56 Å². The van der Waals surface area contributed by atoms with Gasteiger partial charge < -0.3 is 10.2 Å². The molecule has 1 rings (SSSR count). The summed E-state index contributed by atoms with van der Waals surface area (Å²) in [4.78, 5) is 10.3. The van der Waals surface area contributed by atoms with E-state index in [1.807, 2.05) is 13.0 Å². The molecule has 0 unspecified atom stereocenters. The first-order valence-corrected chi connectivity index (χ1v) is 6.60. The van der Waals surface area contributed by atoms with Gasteiger partial charge in [-0.15, -0.1) is 0 Å². The van der Waals surface area contributed by atoms with E-state index in [4.69, 9.17) is 5.11 Å². The molecule has 1 aromatic carbocycles. The summed E-state index contributed by atoms with van der Waals surface area (Å²) in [6.45, 7) is 1.94. The van der Waals surface area contributed by atoms with E-state index < -0.39 is 5.97 Å². The van der Waals surface area contributed by atoms with Gasteiger partial charge in [0.15, 0.2) is 0 Å². The van der Waals surface area contributed by atoms with Gasteiger partial charge in [0, 0.05) is 6.42 Å². The van der Waals surface area contributed by atoms with Crippen LogP contribution in [-0.2, 0) is 11.2 Å². The van der Waals surface area contributed by atoms with Gasteiger partial charge in [-0.25, -0.2) is 0 Å². The van der Waals surface area contributed by atoms with Crippen molar-refractivity contribution >= 4 is 5.97 Å². The van der Waals surface area contributed by atoms with Crippen molar-refractivity contribution < 1.29 is 15.0 Å². The van der Waals surface area contributed by atoms with Crippen molar-refractivity contribution in [2.45, 2.75) is 51.9 Å². The van der Waals surface area contributed by atoms with Crippen LogP contribution in [0.25, 0.3) is 0 Å². The van der Waals surface area contributed by atoms with Gasteiger partial charge in [-0.1, -0.05) is 31.4 Å². The maximum atomic E-state index is 10.3. The van der Waals surface area contributed by atoms with Crippen LogP contribution in [0.5, 0.6) is 5.75 Å². The highest BCUT2D eigenvalue weighted by Gasteiger charge is 2.02. The van der Waals surface area contributed by atoms with Gasteiger partial charge in [-0.3, -0.25) is 4.79 Å². The van der Waals surface area contributed by atoms with Crippen LogP contribution < -0.4 is 0 Å². The zero-order valence-electron chi connectivity index (χ0n) is 11.0. The highest BCUT2D eigenvalue weighted by atomic mass is 16.4. The first-order valence-electron chi connectivity index (χ1n) is 6.60. The van der Waals surface area contributed by atoms with Crippen LogP contribution in [0.1, 0.15) is 49.7 Å². The molecule has 0 bridgehead atoms. The molecule has 0 amide bonds. The van der Waals surface area contributed by atoms with Gasteiger partial charge in [0.1, 0.15) is 5.75 Å². The number of phenolic OH excluding ortho intramolecular Hbond substituents is 1. The third-order valence-electron chi connectivity index (χ3n) is 3.25. The molecule has 0 aromatic heterocycles. The molecule has 2 N–H and O–H groups in total. The number of carboxylic acids is 1. The van der Waals surface area contributed by atoms with Gasteiger partial charge in [-0.05, 0) is 43.4 Å². The molecule has 0 aliphatic carbocycles. The Labute approximate surface area is 108 Å². The highest BCUT2D eigenvalue weighted by molar-refractivity contribution is 5.66. The van der Waals surface area contributed by atoms with Gasteiger partial charge >= 0.3 is 5.97 Å². The number of rotatable bonds is 8. The molecular formula is C15H22O3. The Balaban J connectivity index is 2.14. The third kappa shape index (κ3) is 5.21. The van der Waals surface area contributed by atoms with Gasteiger partial charge in [0.25, 0.3) is 0 Å². The van der Waals surface area contributed by atoms with E-state index in [2.05, 4.69) is 6.07 Å². The normalized spacial score (nSPS) is 10.5. The number of aromatic hydroxyl groups is 1. The SMILES string of the molecule is Cc1c(O)cccc1CCCCCCCC(=O)O. The number of aliphatic carboxylic acids is 1. The van der Waals surface area contributed by atoms with Crippen molar-refractivity contribution in [1.82, 2.24) is 0 Å². The quantitative estimate of drug-likeness (QED) is 0.692. The van der Waals surface area contributed by atoms with Crippen molar-refractivity contribution in [3.63, 3.8) is 0 Å². The topological polar surface area (TPSA) is 57.5 Å². The lowest BCUT2D eigenvalue weighted by molar-refractivity contribution is -0.137. The fraction of sp³-hybridized carbons (Fsp3) is 0.533. The number of carbonyl (C=O) groups is 1. The summed E-state index contributed by atoms with van der Waals surface area (Å²) in [7, 11) is 0. The van der Waals surface area contributed by atoms with Crippen molar-refractivity contribution in [2.24, 2.45) is 0 Å². The zero-order chi connectivity index (χ0) is 13.4. The predicted octanol–water partition coefficient (Wildman–Crippen LogP) is 3.67. The first-order chi connectivity index (χ1) is 8.61. The monoisotopic (exact) mass is 250 g/mol. The molecular weight excluding hydrogens is 228 g/mol. The molecule has 0 radical (unpaired) electrons. The molecule has 100 valence electrons. The number of hydrogen-bond donors (Lipinski definition) is 2. The molecule has 0 atom stereocenters. The summed E-state index contributed by atoms with van der Waals surface area (Å²) in [5, 5.41) is 18.1. The highest BCUT2D eigenvalue weighted by Crippen LogP contribution is 2.21. The fourth-order valence-corrected chi connectivity index (χ4v) is 2.06. The van der Waals surface area contributed by atoms with Crippen molar-refractivity contribution in [3.05, 3.63) is 29.3 Å². The minimum atomic E-state index is -0.703. The Kier molecular flexibility index (Phi) is 6.26. The summed E-state index contributed by atoms with van der Waals surface area (Å²) in [5.74, 6) is -0.334. The Morgan fingerprint density at radius 1 is 1.11 bits per heavy atom. The van der Waals surface area contributed by atoms with Gasteiger partial charge in [0.05, 0.1) is 0 Å². The largest absolute Gasteiger partial charge is 0.508 e. The van der Waals surface area contributed by atoms with Gasteiger partial charge in [-0.2, -0.15) is 0 Å². The van der Waals surface area contributed by atoms with Crippen molar-refractivity contribution in [2.75, 3.05) is 0 Å². The van der Waals surface area contributed by atoms with E-state index >= 15 is 0 Å². The van der Waals surface area contributed by atoms with Crippen LogP contribution in [0.3, 0.4) is 0 Å². The van der Waals surface area contributed by atoms with Crippen LogP contribution in [0, 0.1) is 6.92 Å². The lowest BCUT2D eigenvalue weighted by atomic mass is 10.0. The van der Waals surface area contributed by atoms with E-state index in [9.17, 15) is 9.90 Å². The maximum Gasteiger partial charge on any atom is 0.303 e. The molecule has 0 spiro atoms. The molecule has 0 saturated heterocycles. The van der Waals surface area contributed by atoms with Crippen LogP contribution in [-0.4, -0.2) is 16.2 Å². The first kappa shape index (κ1) is 14.6. The Morgan fingerprint density at radius 2 is 1.78 bits per heavy atom. The average molecular weight is 250 g/mol. The summed E-state index contributed by atoms with van der Waals surface area (Å²) >= 11 is 0. The molecule has 3 nitrogen and oxygen atoms in total. The minimum Gasteiger partial charge on any atom is -0.508 e. The fourth-order valence-electron chi connectivity index (χ4n) is 2.06. The minimum absolute atomic E-state index is 0.283. The summed E-state index contributed by atoms with van der Waals surface area (Å²) in [6, 6.07) is 5.65. The second-order valence-electron chi connectivity index (χ2n) is 4.72. The standard InChI is InChI=1S/C15H22O3/c1-12-13(9-7-10-14(12)16)8-5-3-2-4-6-11-15(17)18/h7,9-10,16H,2-6,8,11H2,1H3,(H,17,18). The van der Waals surface area contributed by atoms with Gasteiger partial charge in [0.2, 0.25) is 0 Å². The number of benzene rings is 1. The summed E-state index contributed by atoms with van der Waals surface area (Å²) in [5.41, 5.74) is 2.18. The molecule has 3 heteroatoms. The molecule has 0 heterocycles. The van der Waals surface area contributed by atoms with Crippen LogP contribution in [0.4, 0.5) is 0 Å². The average Bonchev–Trinajstić information content (AvgIpc) is 2.32. The molecule has 0 aliphatic heterocycles. The van der Waals surface area contributed by atoms with E-state index in [-0.39, 0.29) is 6.42 Å². The Morgan fingerprint density at radius 3 is 2.50 bits per heavy atom. The lowest BCUT2D eigenvalue weighted by Crippen LogP contribution is -1.94. The van der Waals surface area contributed by atoms with E-state index in [0.29, 0.717) is 5.75 Å². The Hall–Kier alpha value is -1.51. The lowest BCUT2D eigenvalue weighted by Gasteiger charge is -2.07. The maximum absolute atomic E-state index is 10.3. The van der Waals surface area contributed by atoms with Crippen LogP contribution >= 0.6 is 0 Å². The second-order valence-corrected chi connectivity index (χ2v) is 4.72. The number of carboxylic acid groups (broad SMARTS) is 1. The number of hydrogen-bond acceptors (Lipinski definition) is 2.